The average molecular weight is 391 g/mol. The number of azide groups is 1. The van der Waals surface area contributed by atoms with Crippen molar-refractivity contribution in [2.75, 3.05) is 13.2 Å². The van der Waals surface area contributed by atoms with Crippen LogP contribution < -0.4 is 0 Å². The van der Waals surface area contributed by atoms with Crippen LogP contribution in [-0.4, -0.2) is 69.1 Å². The van der Waals surface area contributed by atoms with Crippen LogP contribution in [0.1, 0.15) is 1.37 Å². The van der Waals surface area contributed by atoms with Gasteiger partial charge in [0.25, 0.3) is 5.91 Å². The number of alkyl halides is 2. The minimum atomic E-state index is -2.62. The second-order valence-electron chi connectivity index (χ2n) is 4.40. The maximum atomic E-state index is 12.0. The molecular weight excluding hydrogens is 375 g/mol. The van der Waals surface area contributed by atoms with Crippen LogP contribution in [0.15, 0.2) is 17.8 Å². The highest BCUT2D eigenvalue weighted by molar-refractivity contribution is 6.54. The molecule has 1 heterocycles. The topological polar surface area (TPSA) is 128 Å². The average Bonchev–Trinajstić information content (AvgIpc) is 2.53. The zero-order chi connectivity index (χ0) is 18.5. The lowest BCUT2D eigenvalue weighted by Gasteiger charge is -2.44. The van der Waals surface area contributed by atoms with Crippen molar-refractivity contribution >= 4 is 40.9 Å². The molecule has 23 heavy (non-hydrogen) atoms. The third-order valence-electron chi connectivity index (χ3n) is 3.03. The van der Waals surface area contributed by atoms with Crippen LogP contribution in [-0.2, 0) is 14.3 Å². The first-order valence-corrected chi connectivity index (χ1v) is 7.36. The zero-order valence-corrected chi connectivity index (χ0v) is 13.9. The van der Waals surface area contributed by atoms with E-state index in [0.717, 1.165) is 0 Å². The number of ether oxygens (including phenoxy) is 2. The Balaban J connectivity index is 3.24. The van der Waals surface area contributed by atoms with Crippen molar-refractivity contribution in [1.82, 2.24) is 4.42 Å². The van der Waals surface area contributed by atoms with Gasteiger partial charge in [0.1, 0.15) is 12.1 Å². The minimum Gasteiger partial charge on any atom is -0.394 e. The molecule has 0 aliphatic carbocycles. The fraction of sp³-hybridized carbons (Fsp3) is 0.727. The van der Waals surface area contributed by atoms with Crippen molar-refractivity contribution in [2.45, 2.75) is 35.4 Å². The summed E-state index contributed by atoms with van der Waals surface area (Å²) in [4.78, 5) is 12.0. The molecule has 5 atom stereocenters. The van der Waals surface area contributed by atoms with Gasteiger partial charge in [0, 0.05) is 16.7 Å². The standard InChI is InChI=1S/C11H15Cl3N4O5/c1-2-3-22-11-7(18(14)10(21)9(12)13)6(16-17-15)8(20)5(4-19)23-11/h2,5-9,11,19-20H,1,3-4H2/t5-,6-,7-,8-,11?/m1/s1/i9D. The molecule has 0 aromatic rings. The maximum Gasteiger partial charge on any atom is 0.270 e. The molecule has 0 saturated carbocycles. The molecule has 130 valence electrons. The van der Waals surface area contributed by atoms with E-state index in [2.05, 4.69) is 16.6 Å². The van der Waals surface area contributed by atoms with Gasteiger partial charge in [0.05, 0.1) is 26.7 Å². The van der Waals surface area contributed by atoms with Gasteiger partial charge in [0.15, 0.2) is 11.1 Å². The van der Waals surface area contributed by atoms with E-state index in [1.807, 2.05) is 0 Å². The van der Waals surface area contributed by atoms with Gasteiger partial charge in [-0.15, -0.1) is 6.58 Å². The summed E-state index contributed by atoms with van der Waals surface area (Å²) in [6, 6.07) is -2.72. The normalized spacial score (nSPS) is 31.7. The first kappa shape index (κ1) is 18.6. The molecule has 0 aromatic carbocycles. The van der Waals surface area contributed by atoms with Crippen molar-refractivity contribution in [3.05, 3.63) is 23.1 Å². The van der Waals surface area contributed by atoms with Gasteiger partial charge in [-0.2, -0.15) is 0 Å². The minimum absolute atomic E-state index is 0.0366. The predicted molar refractivity (Wildman–Crippen MR) is 82.8 cm³/mol. The summed E-state index contributed by atoms with van der Waals surface area (Å²) < 4.78 is 18.4. The molecule has 1 fully saturated rings. The number of rotatable bonds is 7. The van der Waals surface area contributed by atoms with Gasteiger partial charge in [-0.1, -0.05) is 34.4 Å². The molecule has 12 heteroatoms. The van der Waals surface area contributed by atoms with Crippen LogP contribution >= 0.6 is 35.0 Å². The second-order valence-corrected chi connectivity index (χ2v) is 5.71. The molecule has 0 aromatic heterocycles. The third kappa shape index (κ3) is 4.85. The summed E-state index contributed by atoms with van der Waals surface area (Å²) in [6.45, 7) is 2.81. The Morgan fingerprint density at radius 1 is 1.70 bits per heavy atom. The van der Waals surface area contributed by atoms with E-state index in [0.29, 0.717) is 4.42 Å². The van der Waals surface area contributed by atoms with E-state index in [4.69, 9.17) is 51.4 Å². The van der Waals surface area contributed by atoms with Crippen LogP contribution in [0.3, 0.4) is 0 Å². The van der Waals surface area contributed by atoms with E-state index in [-0.39, 0.29) is 6.61 Å². The Hall–Kier alpha value is -0.770. The van der Waals surface area contributed by atoms with Crippen LogP contribution in [0.2, 0.25) is 0 Å². The van der Waals surface area contributed by atoms with Gasteiger partial charge >= 0.3 is 0 Å². The summed E-state index contributed by atoms with van der Waals surface area (Å²) in [5.74, 6) is -1.26. The first-order valence-electron chi connectivity index (χ1n) is 6.77. The lowest BCUT2D eigenvalue weighted by atomic mass is 9.94. The summed E-state index contributed by atoms with van der Waals surface area (Å²) in [5, 5.41) is 22.8. The summed E-state index contributed by atoms with van der Waals surface area (Å²) >= 11 is 16.7. The van der Waals surface area contributed by atoms with Gasteiger partial charge in [-0.05, 0) is 5.53 Å². The van der Waals surface area contributed by atoms with E-state index in [1.54, 1.807) is 0 Å². The Morgan fingerprint density at radius 2 is 2.35 bits per heavy atom. The lowest BCUT2D eigenvalue weighted by molar-refractivity contribution is -0.251. The maximum absolute atomic E-state index is 12.0. The first-order chi connectivity index (χ1) is 11.2. The van der Waals surface area contributed by atoms with Crippen LogP contribution in [0.25, 0.3) is 10.4 Å². The monoisotopic (exact) mass is 389 g/mol. The quantitative estimate of drug-likeness (QED) is 0.168. The Morgan fingerprint density at radius 3 is 2.83 bits per heavy atom. The number of amides is 1. The lowest BCUT2D eigenvalue weighted by Crippen LogP contribution is -2.63. The number of hydrogen-bond acceptors (Lipinski definition) is 6. The SMILES string of the molecule is [2H]C(Cl)(Cl)C(=O)N(Cl)[C@H]1C(OCC=C)O[C@H](CO)[C@@H](O)[C@@H]1N=[N+]=[N-]. The number of nitrogens with zero attached hydrogens (tertiary/aromatic N) is 4. The smallest absolute Gasteiger partial charge is 0.270 e. The van der Waals surface area contributed by atoms with E-state index in [9.17, 15) is 15.0 Å². The molecule has 0 bridgehead atoms. The summed E-state index contributed by atoms with van der Waals surface area (Å²) in [6.07, 6.45) is -2.59. The van der Waals surface area contributed by atoms with Crippen LogP contribution in [0.5, 0.6) is 0 Å². The number of carbonyl (C=O) groups is 1. The van der Waals surface area contributed by atoms with Crippen molar-refractivity contribution in [2.24, 2.45) is 5.11 Å². The predicted octanol–water partition coefficient (Wildman–Crippen LogP) is 1.10. The van der Waals surface area contributed by atoms with Gasteiger partial charge in [-0.25, -0.2) is 4.42 Å². The highest BCUT2D eigenvalue weighted by atomic mass is 35.5. The number of carbonyl (C=O) groups excluding carboxylic acids is 1. The Bertz CT molecular complexity index is 516. The molecule has 1 rings (SSSR count). The van der Waals surface area contributed by atoms with Crippen molar-refractivity contribution in [3.8, 4) is 0 Å². The fourth-order valence-electron chi connectivity index (χ4n) is 2.02. The highest BCUT2D eigenvalue weighted by Gasteiger charge is 2.49. The van der Waals surface area contributed by atoms with Gasteiger partial charge < -0.3 is 19.7 Å². The number of aliphatic hydroxyl groups is 2. The molecule has 1 aliphatic heterocycles. The van der Waals surface area contributed by atoms with E-state index < -0.39 is 47.9 Å². The molecule has 9 nitrogen and oxygen atoms in total. The van der Waals surface area contributed by atoms with Crippen molar-refractivity contribution < 1.29 is 25.9 Å². The molecule has 1 amide bonds. The third-order valence-corrected chi connectivity index (χ3v) is 3.73. The number of aliphatic hydroxyl groups excluding tert-OH is 2. The van der Waals surface area contributed by atoms with Crippen molar-refractivity contribution in [1.29, 1.82) is 0 Å². The molecule has 2 N–H and O–H groups in total. The van der Waals surface area contributed by atoms with Gasteiger partial charge in [-0.3, -0.25) is 4.79 Å². The van der Waals surface area contributed by atoms with Gasteiger partial charge in [0.2, 0.25) is 0 Å². The fourth-order valence-corrected chi connectivity index (χ4v) is 2.58. The largest absolute Gasteiger partial charge is 0.394 e. The zero-order valence-electron chi connectivity index (χ0n) is 12.6. The van der Waals surface area contributed by atoms with Crippen molar-refractivity contribution in [3.63, 3.8) is 0 Å². The van der Waals surface area contributed by atoms with E-state index in [1.165, 1.54) is 6.08 Å². The number of hydrogen-bond donors (Lipinski definition) is 2. The van der Waals surface area contributed by atoms with Crippen LogP contribution in [0.4, 0.5) is 0 Å². The van der Waals surface area contributed by atoms with E-state index >= 15 is 0 Å². The Labute approximate surface area is 148 Å². The molecule has 0 radical (unpaired) electrons. The Kier molecular flexibility index (Phi) is 7.68. The molecule has 1 saturated heterocycles. The number of halogens is 3. The highest BCUT2D eigenvalue weighted by Crippen LogP contribution is 2.30. The molecule has 0 spiro atoms. The second kappa shape index (κ2) is 9.51. The summed E-state index contributed by atoms with van der Waals surface area (Å²) in [7, 11) is 0. The molecule has 1 unspecified atom stereocenters. The molecular formula is C11H15Cl3N4O5. The van der Waals surface area contributed by atoms with Crippen LogP contribution in [0, 0.1) is 0 Å². The molecule has 1 aliphatic rings. The summed E-state index contributed by atoms with van der Waals surface area (Å²) in [5.41, 5.74) is 8.71.